The molecule has 2 fully saturated rings. The highest BCUT2D eigenvalue weighted by atomic mass is 16.2. The normalized spacial score (nSPS) is 25.9. The van der Waals surface area contributed by atoms with Crippen LogP contribution in [0.5, 0.6) is 0 Å². The Hall–Kier alpha value is -2.41. The van der Waals surface area contributed by atoms with Gasteiger partial charge in [-0.1, -0.05) is 13.8 Å². The number of imide groups is 1. The van der Waals surface area contributed by atoms with Crippen molar-refractivity contribution in [3.05, 3.63) is 24.3 Å². The summed E-state index contributed by atoms with van der Waals surface area (Å²) in [5.74, 6) is 1.23. The molecule has 0 bridgehead atoms. The second kappa shape index (κ2) is 6.96. The number of rotatable bonds is 3. The molecular formula is C20H27N5O2. The van der Waals surface area contributed by atoms with E-state index in [1.807, 2.05) is 24.3 Å². The summed E-state index contributed by atoms with van der Waals surface area (Å²) < 4.78 is 0. The lowest BCUT2D eigenvalue weighted by Crippen LogP contribution is -2.52. The van der Waals surface area contributed by atoms with Gasteiger partial charge in [0, 0.05) is 37.3 Å². The summed E-state index contributed by atoms with van der Waals surface area (Å²) >= 11 is 0. The zero-order valence-electron chi connectivity index (χ0n) is 16.0. The molecule has 2 atom stereocenters. The number of urea groups is 1. The fourth-order valence-corrected chi connectivity index (χ4v) is 4.31. The van der Waals surface area contributed by atoms with Gasteiger partial charge in [0.2, 0.25) is 0 Å². The number of piperidine rings is 1. The van der Waals surface area contributed by atoms with Gasteiger partial charge < -0.3 is 15.5 Å². The molecule has 0 saturated carbocycles. The zero-order chi connectivity index (χ0) is 19.1. The van der Waals surface area contributed by atoms with Crippen molar-refractivity contribution in [1.29, 1.82) is 0 Å². The highest BCUT2D eigenvalue weighted by molar-refractivity contribution is 6.21. The number of hydrogen-bond acceptors (Lipinski definition) is 5. The molecule has 0 aromatic heterocycles. The summed E-state index contributed by atoms with van der Waals surface area (Å²) in [7, 11) is 0. The Balaban J connectivity index is 1.59. The predicted molar refractivity (Wildman–Crippen MR) is 106 cm³/mol. The van der Waals surface area contributed by atoms with Crippen LogP contribution in [0.3, 0.4) is 0 Å². The average molecular weight is 369 g/mol. The Kier molecular flexibility index (Phi) is 4.63. The molecule has 4 rings (SSSR count). The molecule has 7 nitrogen and oxygen atoms in total. The molecule has 0 aliphatic carbocycles. The van der Waals surface area contributed by atoms with E-state index in [-0.39, 0.29) is 18.0 Å². The standard InChI is InChI=1S/C20H27N5O2/c1-13(2)18-22-10-4-12-23(18)14-6-8-15(9-7-14)25-19(26)17-16(21)5-3-11-24(17)20(25)27/h6-9,13,16-17H,3-5,10-12,21H2,1-2H3/t16-,17+/m1/s1. The van der Waals surface area contributed by atoms with Gasteiger partial charge in [-0.15, -0.1) is 0 Å². The second-order valence-electron chi connectivity index (χ2n) is 7.82. The number of nitrogens with zero attached hydrogens (tertiary/aromatic N) is 4. The zero-order valence-corrected chi connectivity index (χ0v) is 16.0. The Labute approximate surface area is 159 Å². The molecule has 144 valence electrons. The molecule has 0 radical (unpaired) electrons. The van der Waals surface area contributed by atoms with Crippen LogP contribution in [0.4, 0.5) is 16.2 Å². The fourth-order valence-electron chi connectivity index (χ4n) is 4.31. The van der Waals surface area contributed by atoms with E-state index >= 15 is 0 Å². The maximum atomic E-state index is 12.8. The van der Waals surface area contributed by atoms with E-state index in [4.69, 9.17) is 5.73 Å². The fraction of sp³-hybridized carbons (Fsp3) is 0.550. The smallest absolute Gasteiger partial charge is 0.330 e. The first-order chi connectivity index (χ1) is 13.0. The third-order valence-corrected chi connectivity index (χ3v) is 5.61. The van der Waals surface area contributed by atoms with Gasteiger partial charge in [-0.3, -0.25) is 9.79 Å². The van der Waals surface area contributed by atoms with Crippen LogP contribution in [0.15, 0.2) is 29.3 Å². The first-order valence-electron chi connectivity index (χ1n) is 9.81. The Morgan fingerprint density at radius 1 is 1.07 bits per heavy atom. The lowest BCUT2D eigenvalue weighted by molar-refractivity contribution is -0.120. The lowest BCUT2D eigenvalue weighted by atomic mass is 9.98. The summed E-state index contributed by atoms with van der Waals surface area (Å²) in [6.45, 7) is 6.69. The van der Waals surface area contributed by atoms with Gasteiger partial charge in [0.15, 0.2) is 0 Å². The van der Waals surface area contributed by atoms with Crippen molar-refractivity contribution in [2.45, 2.75) is 45.2 Å². The van der Waals surface area contributed by atoms with Crippen LogP contribution in [-0.4, -0.2) is 54.4 Å². The summed E-state index contributed by atoms with van der Waals surface area (Å²) in [5, 5.41) is 0. The van der Waals surface area contributed by atoms with Crippen molar-refractivity contribution in [1.82, 2.24) is 4.90 Å². The quantitative estimate of drug-likeness (QED) is 0.828. The van der Waals surface area contributed by atoms with Crippen molar-refractivity contribution in [2.24, 2.45) is 16.6 Å². The number of aliphatic imine (C=N–C) groups is 1. The molecular weight excluding hydrogens is 342 g/mol. The van der Waals surface area contributed by atoms with E-state index < -0.39 is 6.04 Å². The molecule has 1 aromatic carbocycles. The molecule has 2 N–H and O–H groups in total. The number of benzene rings is 1. The average Bonchev–Trinajstić information content (AvgIpc) is 2.93. The third-order valence-electron chi connectivity index (χ3n) is 5.61. The number of amides is 3. The summed E-state index contributed by atoms with van der Waals surface area (Å²) in [4.78, 5) is 35.4. The van der Waals surface area contributed by atoms with Crippen molar-refractivity contribution < 1.29 is 9.59 Å². The van der Waals surface area contributed by atoms with Gasteiger partial charge in [-0.25, -0.2) is 9.69 Å². The number of nitrogens with two attached hydrogens (primary N) is 1. The second-order valence-corrected chi connectivity index (χ2v) is 7.82. The van der Waals surface area contributed by atoms with Gasteiger partial charge in [-0.05, 0) is 43.5 Å². The molecule has 0 unspecified atom stereocenters. The van der Waals surface area contributed by atoms with E-state index in [0.29, 0.717) is 18.2 Å². The lowest BCUT2D eigenvalue weighted by Gasteiger charge is -2.32. The van der Waals surface area contributed by atoms with Crippen LogP contribution in [0, 0.1) is 5.92 Å². The van der Waals surface area contributed by atoms with Gasteiger partial charge in [0.05, 0.1) is 5.69 Å². The van der Waals surface area contributed by atoms with Crippen LogP contribution in [0.1, 0.15) is 33.1 Å². The SMILES string of the molecule is CC(C)C1=NCCCN1c1ccc(N2C(=O)[C@@H]3[C@H](N)CCCN3C2=O)cc1. The van der Waals surface area contributed by atoms with Gasteiger partial charge in [-0.2, -0.15) is 0 Å². The van der Waals surface area contributed by atoms with Crippen molar-refractivity contribution >= 4 is 29.1 Å². The minimum Gasteiger partial charge on any atom is -0.330 e. The van der Waals surface area contributed by atoms with Crippen LogP contribution >= 0.6 is 0 Å². The highest BCUT2D eigenvalue weighted by Crippen LogP contribution is 2.32. The van der Waals surface area contributed by atoms with Crippen molar-refractivity contribution in [3.63, 3.8) is 0 Å². The number of carbonyl (C=O) groups excluding carboxylic acids is 2. The van der Waals surface area contributed by atoms with Crippen LogP contribution in [0.2, 0.25) is 0 Å². The van der Waals surface area contributed by atoms with Crippen LogP contribution < -0.4 is 15.5 Å². The molecule has 3 amide bonds. The molecule has 3 aliphatic rings. The first-order valence-corrected chi connectivity index (χ1v) is 9.81. The number of anilines is 2. The maximum Gasteiger partial charge on any atom is 0.332 e. The van der Waals surface area contributed by atoms with E-state index in [1.54, 1.807) is 4.90 Å². The molecule has 3 aliphatic heterocycles. The van der Waals surface area contributed by atoms with Crippen LogP contribution in [0.25, 0.3) is 0 Å². The minimum absolute atomic E-state index is 0.206. The summed E-state index contributed by atoms with van der Waals surface area (Å²) in [6, 6.07) is 6.58. The molecule has 3 heterocycles. The molecule has 2 saturated heterocycles. The van der Waals surface area contributed by atoms with E-state index in [9.17, 15) is 9.59 Å². The van der Waals surface area contributed by atoms with Crippen molar-refractivity contribution in [2.75, 3.05) is 29.4 Å². The summed E-state index contributed by atoms with van der Waals surface area (Å²) in [5.41, 5.74) is 7.76. The monoisotopic (exact) mass is 369 g/mol. The molecule has 1 aromatic rings. The Morgan fingerprint density at radius 2 is 1.78 bits per heavy atom. The maximum absolute atomic E-state index is 12.8. The van der Waals surface area contributed by atoms with Gasteiger partial charge in [0.1, 0.15) is 11.9 Å². The molecule has 7 heteroatoms. The van der Waals surface area contributed by atoms with Gasteiger partial charge >= 0.3 is 6.03 Å². The number of hydrogen-bond donors (Lipinski definition) is 1. The molecule has 0 spiro atoms. The van der Waals surface area contributed by atoms with E-state index in [1.165, 1.54) is 4.90 Å². The van der Waals surface area contributed by atoms with E-state index in [2.05, 4.69) is 23.7 Å². The Morgan fingerprint density at radius 3 is 2.44 bits per heavy atom. The van der Waals surface area contributed by atoms with Crippen molar-refractivity contribution in [3.8, 4) is 0 Å². The summed E-state index contributed by atoms with van der Waals surface area (Å²) in [6.07, 6.45) is 2.64. The van der Waals surface area contributed by atoms with Gasteiger partial charge in [0.25, 0.3) is 5.91 Å². The Bertz CT molecular complexity index is 773. The number of fused-ring (bicyclic) bond motifs is 1. The largest absolute Gasteiger partial charge is 0.332 e. The predicted octanol–water partition coefficient (Wildman–Crippen LogP) is 2.21. The first kappa shape index (κ1) is 18.0. The third kappa shape index (κ3) is 3.00. The highest BCUT2D eigenvalue weighted by Gasteiger charge is 2.49. The van der Waals surface area contributed by atoms with Crippen LogP contribution in [-0.2, 0) is 4.79 Å². The molecule has 27 heavy (non-hydrogen) atoms. The number of amidine groups is 1. The number of carbonyl (C=O) groups is 2. The topological polar surface area (TPSA) is 82.2 Å². The van der Waals surface area contributed by atoms with E-state index in [0.717, 1.165) is 43.9 Å². The minimum atomic E-state index is -0.521.